The average Bonchev–Trinajstić information content (AvgIpc) is 2.39. The van der Waals surface area contributed by atoms with E-state index in [0.29, 0.717) is 32.8 Å². The molecule has 0 aliphatic carbocycles. The summed E-state index contributed by atoms with van der Waals surface area (Å²) >= 11 is 0. The molecular formula is C11H20N2O3. The lowest BCUT2D eigenvalue weighted by molar-refractivity contribution is -0.159. The molecular weight excluding hydrogens is 208 g/mol. The summed E-state index contributed by atoms with van der Waals surface area (Å²) in [5.41, 5.74) is -0.729. The Hall–Kier alpha value is -0.490. The van der Waals surface area contributed by atoms with Crippen LogP contribution in [0.4, 0.5) is 0 Å². The summed E-state index contributed by atoms with van der Waals surface area (Å²) in [6.45, 7) is 5.91. The molecule has 2 N–H and O–H groups in total. The zero-order chi connectivity index (χ0) is 11.4. The Kier molecular flexibility index (Phi) is 3.91. The molecule has 0 radical (unpaired) electrons. The standard InChI is InChI=1S/C11H20N2O3/c1-2-10(14)11(8-12-3-6-16-11)9-7-15-5-4-13-9/h9,12-13H,2-8H2,1H3. The maximum Gasteiger partial charge on any atom is 0.167 e. The third kappa shape index (κ3) is 2.13. The van der Waals surface area contributed by atoms with Gasteiger partial charge in [0.05, 0.1) is 25.9 Å². The number of ketones is 1. The molecule has 0 bridgehead atoms. The third-order valence-corrected chi connectivity index (χ3v) is 3.30. The molecule has 0 spiro atoms. The molecule has 5 nitrogen and oxygen atoms in total. The maximum atomic E-state index is 12.1. The van der Waals surface area contributed by atoms with E-state index in [2.05, 4.69) is 10.6 Å². The van der Waals surface area contributed by atoms with Crippen molar-refractivity contribution in [2.75, 3.05) is 39.5 Å². The van der Waals surface area contributed by atoms with Crippen LogP contribution < -0.4 is 10.6 Å². The molecule has 2 atom stereocenters. The topological polar surface area (TPSA) is 59.6 Å². The molecule has 92 valence electrons. The molecule has 2 aliphatic rings. The molecule has 2 unspecified atom stereocenters. The molecule has 0 amide bonds. The van der Waals surface area contributed by atoms with Crippen LogP contribution in [0.15, 0.2) is 0 Å². The first-order valence-electron chi connectivity index (χ1n) is 5.98. The molecule has 2 heterocycles. The normalized spacial score (nSPS) is 35.9. The monoisotopic (exact) mass is 228 g/mol. The van der Waals surface area contributed by atoms with Crippen molar-refractivity contribution in [3.63, 3.8) is 0 Å². The van der Waals surface area contributed by atoms with Crippen LogP contribution in [-0.4, -0.2) is 56.9 Å². The van der Waals surface area contributed by atoms with E-state index in [4.69, 9.17) is 9.47 Å². The lowest BCUT2D eigenvalue weighted by Crippen LogP contribution is -2.68. The van der Waals surface area contributed by atoms with E-state index < -0.39 is 5.60 Å². The second-order valence-corrected chi connectivity index (χ2v) is 4.27. The highest BCUT2D eigenvalue weighted by Crippen LogP contribution is 2.23. The number of carbonyl (C=O) groups is 1. The van der Waals surface area contributed by atoms with Gasteiger partial charge in [-0.25, -0.2) is 0 Å². The van der Waals surface area contributed by atoms with Crippen LogP contribution in [-0.2, 0) is 14.3 Å². The summed E-state index contributed by atoms with van der Waals surface area (Å²) in [5, 5.41) is 6.58. The number of carbonyl (C=O) groups excluding carboxylic acids is 1. The minimum absolute atomic E-state index is 0.0264. The van der Waals surface area contributed by atoms with Gasteiger partial charge in [0.15, 0.2) is 11.4 Å². The van der Waals surface area contributed by atoms with Gasteiger partial charge in [-0.2, -0.15) is 0 Å². The van der Waals surface area contributed by atoms with Gasteiger partial charge in [-0.15, -0.1) is 0 Å². The molecule has 16 heavy (non-hydrogen) atoms. The first-order chi connectivity index (χ1) is 7.79. The van der Waals surface area contributed by atoms with Crippen molar-refractivity contribution in [2.24, 2.45) is 0 Å². The van der Waals surface area contributed by atoms with Crippen molar-refractivity contribution < 1.29 is 14.3 Å². The lowest BCUT2D eigenvalue weighted by atomic mass is 9.86. The Balaban J connectivity index is 2.14. The van der Waals surface area contributed by atoms with Gasteiger partial charge in [0.25, 0.3) is 0 Å². The summed E-state index contributed by atoms with van der Waals surface area (Å²) < 4.78 is 11.2. The van der Waals surface area contributed by atoms with Gasteiger partial charge < -0.3 is 20.1 Å². The largest absolute Gasteiger partial charge is 0.378 e. The fourth-order valence-corrected chi connectivity index (χ4v) is 2.39. The van der Waals surface area contributed by atoms with E-state index in [9.17, 15) is 4.79 Å². The fourth-order valence-electron chi connectivity index (χ4n) is 2.39. The van der Waals surface area contributed by atoms with Crippen LogP contribution in [0.5, 0.6) is 0 Å². The quantitative estimate of drug-likeness (QED) is 0.670. The van der Waals surface area contributed by atoms with Gasteiger partial charge in [-0.3, -0.25) is 4.79 Å². The van der Waals surface area contributed by atoms with E-state index in [-0.39, 0.29) is 11.8 Å². The highest BCUT2D eigenvalue weighted by atomic mass is 16.5. The van der Waals surface area contributed by atoms with Gasteiger partial charge in [0, 0.05) is 26.1 Å². The van der Waals surface area contributed by atoms with Crippen molar-refractivity contribution >= 4 is 5.78 Å². The number of hydrogen-bond acceptors (Lipinski definition) is 5. The average molecular weight is 228 g/mol. The molecule has 2 saturated heterocycles. The summed E-state index contributed by atoms with van der Waals surface area (Å²) in [6.07, 6.45) is 0.500. The molecule has 5 heteroatoms. The Bertz CT molecular complexity index is 246. The molecule has 2 fully saturated rings. The minimum atomic E-state index is -0.729. The van der Waals surface area contributed by atoms with E-state index in [1.165, 1.54) is 0 Å². The van der Waals surface area contributed by atoms with Crippen molar-refractivity contribution in [3.05, 3.63) is 0 Å². The number of nitrogens with one attached hydrogen (secondary N) is 2. The van der Waals surface area contributed by atoms with Gasteiger partial charge in [-0.1, -0.05) is 6.92 Å². The first-order valence-corrected chi connectivity index (χ1v) is 5.98. The lowest BCUT2D eigenvalue weighted by Gasteiger charge is -2.43. The van der Waals surface area contributed by atoms with Crippen LogP contribution in [0.2, 0.25) is 0 Å². The number of Topliss-reactive ketones (excluding diaryl/α,β-unsaturated/α-hetero) is 1. The van der Waals surface area contributed by atoms with Gasteiger partial charge in [0.1, 0.15) is 0 Å². The molecule has 2 rings (SSSR count). The SMILES string of the molecule is CCC(=O)C1(C2COCCN2)CNCCO1. The Morgan fingerprint density at radius 3 is 2.88 bits per heavy atom. The van der Waals surface area contributed by atoms with Crippen molar-refractivity contribution in [2.45, 2.75) is 25.0 Å². The number of hydrogen-bond donors (Lipinski definition) is 2. The first kappa shape index (κ1) is 12.0. The smallest absolute Gasteiger partial charge is 0.167 e. The Labute approximate surface area is 95.9 Å². The fraction of sp³-hybridized carbons (Fsp3) is 0.909. The summed E-state index contributed by atoms with van der Waals surface area (Å²) in [6, 6.07) is -0.0264. The maximum absolute atomic E-state index is 12.1. The molecule has 2 aliphatic heterocycles. The highest BCUT2D eigenvalue weighted by Gasteiger charge is 2.47. The van der Waals surface area contributed by atoms with E-state index in [1.807, 2.05) is 6.92 Å². The van der Waals surface area contributed by atoms with Crippen LogP contribution in [0.25, 0.3) is 0 Å². The summed E-state index contributed by atoms with van der Waals surface area (Å²) in [4.78, 5) is 12.1. The summed E-state index contributed by atoms with van der Waals surface area (Å²) in [5.74, 6) is 0.155. The van der Waals surface area contributed by atoms with Crippen LogP contribution >= 0.6 is 0 Å². The van der Waals surface area contributed by atoms with Crippen LogP contribution in [0.1, 0.15) is 13.3 Å². The zero-order valence-corrected chi connectivity index (χ0v) is 9.75. The Morgan fingerprint density at radius 2 is 2.31 bits per heavy atom. The second-order valence-electron chi connectivity index (χ2n) is 4.27. The van der Waals surface area contributed by atoms with Crippen LogP contribution in [0.3, 0.4) is 0 Å². The van der Waals surface area contributed by atoms with Crippen molar-refractivity contribution in [3.8, 4) is 0 Å². The molecule has 0 aromatic heterocycles. The predicted molar refractivity (Wildman–Crippen MR) is 59.5 cm³/mol. The van der Waals surface area contributed by atoms with E-state index in [1.54, 1.807) is 0 Å². The number of rotatable bonds is 3. The van der Waals surface area contributed by atoms with Gasteiger partial charge in [-0.05, 0) is 0 Å². The molecule has 0 saturated carbocycles. The van der Waals surface area contributed by atoms with E-state index >= 15 is 0 Å². The van der Waals surface area contributed by atoms with Gasteiger partial charge in [0.2, 0.25) is 0 Å². The molecule has 0 aromatic rings. The number of ether oxygens (including phenoxy) is 2. The minimum Gasteiger partial charge on any atom is -0.378 e. The van der Waals surface area contributed by atoms with Crippen molar-refractivity contribution in [1.82, 2.24) is 10.6 Å². The second kappa shape index (κ2) is 5.23. The highest BCUT2D eigenvalue weighted by molar-refractivity contribution is 5.88. The zero-order valence-electron chi connectivity index (χ0n) is 9.75. The number of morpholine rings is 2. The third-order valence-electron chi connectivity index (χ3n) is 3.30. The molecule has 0 aromatic carbocycles. The van der Waals surface area contributed by atoms with Gasteiger partial charge >= 0.3 is 0 Å². The summed E-state index contributed by atoms with van der Waals surface area (Å²) in [7, 11) is 0. The van der Waals surface area contributed by atoms with Crippen molar-refractivity contribution in [1.29, 1.82) is 0 Å². The van der Waals surface area contributed by atoms with Crippen LogP contribution in [0, 0.1) is 0 Å². The Morgan fingerprint density at radius 1 is 1.44 bits per heavy atom. The predicted octanol–water partition coefficient (Wildman–Crippen LogP) is -0.687. The van der Waals surface area contributed by atoms with E-state index in [0.717, 1.165) is 13.1 Å².